The first-order valence-corrected chi connectivity index (χ1v) is 21.9. The number of furan rings is 1. The van der Waals surface area contributed by atoms with Crippen molar-refractivity contribution in [2.24, 2.45) is 0 Å². The largest absolute Gasteiger partial charge is 0.456 e. The van der Waals surface area contributed by atoms with Crippen LogP contribution in [0.3, 0.4) is 0 Å². The van der Waals surface area contributed by atoms with E-state index in [4.69, 9.17) is 4.42 Å². The van der Waals surface area contributed by atoms with Crippen molar-refractivity contribution in [2.45, 2.75) is 78.6 Å². The third kappa shape index (κ3) is 5.47. The van der Waals surface area contributed by atoms with Crippen LogP contribution in [-0.4, -0.2) is 6.85 Å². The van der Waals surface area contributed by atoms with E-state index < -0.39 is 0 Å². The minimum Gasteiger partial charge on any atom is -0.456 e. The molecule has 5 heteroatoms. The maximum absolute atomic E-state index is 6.68. The molecule has 0 atom stereocenters. The Labute approximate surface area is 352 Å². The molecule has 0 aliphatic carbocycles. The van der Waals surface area contributed by atoms with Crippen LogP contribution in [0.4, 0.5) is 28.4 Å². The van der Waals surface area contributed by atoms with Gasteiger partial charge in [-0.1, -0.05) is 135 Å². The lowest BCUT2D eigenvalue weighted by molar-refractivity contribution is 0.590. The van der Waals surface area contributed by atoms with E-state index in [2.05, 4.69) is 205 Å². The zero-order valence-corrected chi connectivity index (χ0v) is 36.3. The van der Waals surface area contributed by atoms with Gasteiger partial charge in [0, 0.05) is 65.3 Å². The number of rotatable bonds is 2. The van der Waals surface area contributed by atoms with Gasteiger partial charge in [-0.15, -0.1) is 11.3 Å². The van der Waals surface area contributed by atoms with Crippen LogP contribution in [0.2, 0.25) is 0 Å². The Morgan fingerprint density at radius 3 is 1.78 bits per heavy atom. The van der Waals surface area contributed by atoms with Gasteiger partial charge in [0.25, 0.3) is 0 Å². The second-order valence-electron chi connectivity index (χ2n) is 19.8. The summed E-state index contributed by atoms with van der Waals surface area (Å²) in [5, 5.41) is 4.91. The van der Waals surface area contributed by atoms with E-state index in [0.29, 0.717) is 0 Å². The molecule has 0 N–H and O–H groups in total. The summed E-state index contributed by atoms with van der Waals surface area (Å²) >= 11 is 1.90. The third-order valence-electron chi connectivity index (χ3n) is 12.9. The average molecular weight is 785 g/mol. The smallest absolute Gasteiger partial charge is 0.333 e. The summed E-state index contributed by atoms with van der Waals surface area (Å²) in [4.78, 5) is 5.23. The van der Waals surface area contributed by atoms with Crippen molar-refractivity contribution in [1.29, 1.82) is 0 Å². The highest BCUT2D eigenvalue weighted by atomic mass is 32.1. The second-order valence-corrected chi connectivity index (χ2v) is 20.9. The quantitative estimate of drug-likeness (QED) is 0.163. The first-order chi connectivity index (χ1) is 28.1. The maximum Gasteiger partial charge on any atom is 0.333 e. The number of hydrogen-bond donors (Lipinski definition) is 0. The Hall–Kier alpha value is -5.78. The Bertz CT molecular complexity index is 3170. The van der Waals surface area contributed by atoms with Crippen molar-refractivity contribution in [3.8, 4) is 11.1 Å². The summed E-state index contributed by atoms with van der Waals surface area (Å²) < 4.78 is 9.29. The molecule has 0 unspecified atom stereocenters. The van der Waals surface area contributed by atoms with Crippen molar-refractivity contribution < 1.29 is 4.42 Å². The van der Waals surface area contributed by atoms with E-state index in [1.54, 1.807) is 0 Å². The second kappa shape index (κ2) is 12.4. The van der Waals surface area contributed by atoms with Gasteiger partial charge >= 0.3 is 6.85 Å². The lowest BCUT2D eigenvalue weighted by atomic mass is 9.43. The van der Waals surface area contributed by atoms with Crippen molar-refractivity contribution in [3.05, 3.63) is 150 Å². The molecule has 9 aromatic rings. The van der Waals surface area contributed by atoms with Gasteiger partial charge in [-0.3, -0.25) is 0 Å². The van der Waals surface area contributed by atoms with Crippen LogP contribution in [-0.2, 0) is 16.2 Å². The van der Waals surface area contributed by atoms with Crippen LogP contribution < -0.4 is 20.6 Å². The fraction of sp³-hybridized carbons (Fsp3) is 0.222. The molecule has 3 nitrogen and oxygen atoms in total. The number of hydrogen-bond acceptors (Lipinski definition) is 4. The predicted molar refractivity (Wildman–Crippen MR) is 256 cm³/mol. The highest BCUT2D eigenvalue weighted by molar-refractivity contribution is 7.26. The zero-order chi connectivity index (χ0) is 40.7. The molecule has 0 radical (unpaired) electrons. The molecule has 59 heavy (non-hydrogen) atoms. The molecule has 2 aromatic heterocycles. The van der Waals surface area contributed by atoms with Gasteiger partial charge in [-0.2, -0.15) is 0 Å². The van der Waals surface area contributed by atoms with Crippen molar-refractivity contribution in [1.82, 2.24) is 0 Å². The van der Waals surface area contributed by atoms with Crippen molar-refractivity contribution in [3.63, 3.8) is 0 Å². The Morgan fingerprint density at radius 2 is 1.10 bits per heavy atom. The molecule has 7 aromatic carbocycles. The fourth-order valence-electron chi connectivity index (χ4n) is 9.70. The predicted octanol–water partition coefficient (Wildman–Crippen LogP) is 14.6. The van der Waals surface area contributed by atoms with Crippen LogP contribution in [0.5, 0.6) is 0 Å². The first-order valence-electron chi connectivity index (χ1n) is 21.0. The van der Waals surface area contributed by atoms with Crippen LogP contribution in [0.15, 0.2) is 138 Å². The number of thiophene rings is 1. The van der Waals surface area contributed by atoms with Crippen LogP contribution in [0.1, 0.15) is 79.0 Å². The molecule has 2 aliphatic rings. The number of fused-ring (bicyclic) bond motifs is 11. The number of para-hydroxylation sites is 1. The number of anilines is 5. The van der Waals surface area contributed by atoms with Gasteiger partial charge in [0.15, 0.2) is 0 Å². The van der Waals surface area contributed by atoms with Crippen molar-refractivity contribution >= 4 is 99.7 Å². The summed E-state index contributed by atoms with van der Waals surface area (Å²) in [5.74, 6) is 0. The minimum absolute atomic E-state index is 0.0340. The normalized spacial score (nSPS) is 14.1. The lowest BCUT2D eigenvalue weighted by Gasteiger charge is -2.46. The average Bonchev–Trinajstić information content (AvgIpc) is 3.77. The van der Waals surface area contributed by atoms with Gasteiger partial charge in [-0.25, -0.2) is 0 Å². The highest BCUT2D eigenvalue weighted by Gasteiger charge is 2.47. The first kappa shape index (κ1) is 36.3. The highest BCUT2D eigenvalue weighted by Crippen LogP contribution is 2.53. The van der Waals surface area contributed by atoms with Crippen LogP contribution in [0.25, 0.3) is 53.2 Å². The van der Waals surface area contributed by atoms with E-state index >= 15 is 0 Å². The molecule has 0 saturated carbocycles. The van der Waals surface area contributed by atoms with Gasteiger partial charge in [-0.05, 0) is 104 Å². The molecular weight excluding hydrogens is 735 g/mol. The topological polar surface area (TPSA) is 19.6 Å². The van der Waals surface area contributed by atoms with E-state index in [9.17, 15) is 0 Å². The summed E-state index contributed by atoms with van der Waals surface area (Å²) in [6, 6.07) is 50.7. The third-order valence-corrected chi connectivity index (χ3v) is 14.0. The standard InChI is InChI=1S/C54H49BN2OS/c1-52(2,3)32-18-23-35(24-19-32)56-43-27-22-34(54(7,8)9)28-42(43)55-50-41(30-48-49(51(50)56)38-15-11-13-17-47(38)59-48)39-29-40-37-14-10-12-16-45(37)58-46(40)31-44(39)57(55)36-25-20-33(21-26-36)53(4,5)6/h10-31H,1-9H3. The number of benzene rings is 7. The minimum atomic E-state index is -0.111. The van der Waals surface area contributed by atoms with E-state index in [-0.39, 0.29) is 23.1 Å². The summed E-state index contributed by atoms with van der Waals surface area (Å²) in [5.41, 5.74) is 17.0. The summed E-state index contributed by atoms with van der Waals surface area (Å²) in [7, 11) is 0. The molecule has 11 rings (SSSR count). The van der Waals surface area contributed by atoms with Gasteiger partial charge in [0.2, 0.25) is 0 Å². The molecule has 0 fully saturated rings. The molecule has 0 saturated heterocycles. The molecule has 0 amide bonds. The van der Waals surface area contributed by atoms with Gasteiger partial charge in [0.1, 0.15) is 11.2 Å². The lowest BCUT2D eigenvalue weighted by Crippen LogP contribution is -2.61. The van der Waals surface area contributed by atoms with Crippen LogP contribution in [0, 0.1) is 0 Å². The Morgan fingerprint density at radius 1 is 0.492 bits per heavy atom. The zero-order valence-electron chi connectivity index (χ0n) is 35.5. The Balaban J connectivity index is 1.32. The molecule has 2 aliphatic heterocycles. The summed E-state index contributed by atoms with van der Waals surface area (Å²) in [6.07, 6.45) is 0. The molecule has 290 valence electrons. The van der Waals surface area contributed by atoms with E-state index in [1.807, 2.05) is 11.3 Å². The van der Waals surface area contributed by atoms with E-state index in [1.165, 1.54) is 87.4 Å². The van der Waals surface area contributed by atoms with Gasteiger partial charge < -0.3 is 14.1 Å². The molecule has 0 bridgehead atoms. The van der Waals surface area contributed by atoms with E-state index in [0.717, 1.165) is 21.9 Å². The van der Waals surface area contributed by atoms with Crippen molar-refractivity contribution in [2.75, 3.05) is 9.71 Å². The van der Waals surface area contributed by atoms with Crippen LogP contribution >= 0.6 is 11.3 Å². The summed E-state index contributed by atoms with van der Waals surface area (Å²) in [6.45, 7) is 20.7. The maximum atomic E-state index is 6.68. The monoisotopic (exact) mass is 784 g/mol. The van der Waals surface area contributed by atoms with Gasteiger partial charge in [0.05, 0.1) is 5.69 Å². The molecular formula is C54H49BN2OS. The fourth-order valence-corrected chi connectivity index (χ4v) is 10.9. The SMILES string of the molecule is CC(C)(C)c1ccc(N2B3c4cc(C(C)(C)C)ccc4N(c4ccc(C(C)(C)C)cc4)c4c3c(cc3sc5ccccc5c43)-c3cc4c(cc32)oc2ccccc24)cc1. The Kier molecular flexibility index (Phi) is 7.62. The molecule has 0 spiro atoms. The number of nitrogens with zero attached hydrogens (tertiary/aromatic N) is 2. The molecule has 4 heterocycles.